The van der Waals surface area contributed by atoms with Crippen LogP contribution in [0.4, 0.5) is 5.69 Å². The molecule has 134 valence electrons. The molecule has 2 aromatic carbocycles. The Labute approximate surface area is 150 Å². The van der Waals surface area contributed by atoms with E-state index >= 15 is 0 Å². The molecule has 25 heavy (non-hydrogen) atoms. The Hall–Kier alpha value is -2.17. The van der Waals surface area contributed by atoms with E-state index in [2.05, 4.69) is 22.3 Å². The maximum Gasteiger partial charge on any atom is 0.238 e. The minimum Gasteiger partial charge on any atom is -0.396 e. The number of aliphatic hydroxyl groups is 1. The second-order valence-corrected chi connectivity index (χ2v) is 6.55. The van der Waals surface area contributed by atoms with Gasteiger partial charge in [-0.15, -0.1) is 0 Å². The van der Waals surface area contributed by atoms with Crippen LogP contribution in [0.2, 0.25) is 0 Å². The van der Waals surface area contributed by atoms with Gasteiger partial charge in [-0.2, -0.15) is 0 Å². The zero-order valence-corrected chi connectivity index (χ0v) is 15.3. The number of carbonyl (C=O) groups is 1. The maximum atomic E-state index is 12.6. The number of rotatable bonds is 8. The van der Waals surface area contributed by atoms with Crippen molar-refractivity contribution in [3.05, 3.63) is 65.2 Å². The number of anilines is 1. The van der Waals surface area contributed by atoms with E-state index < -0.39 is 0 Å². The summed E-state index contributed by atoms with van der Waals surface area (Å²) in [5.41, 5.74) is 4.27. The number of amides is 1. The molecule has 0 aliphatic rings. The summed E-state index contributed by atoms with van der Waals surface area (Å²) in [4.78, 5) is 14.7. The van der Waals surface area contributed by atoms with E-state index in [1.54, 1.807) is 0 Å². The molecule has 0 aliphatic heterocycles. The van der Waals surface area contributed by atoms with Crippen LogP contribution in [-0.2, 0) is 11.3 Å². The third-order valence-corrected chi connectivity index (χ3v) is 4.62. The smallest absolute Gasteiger partial charge is 0.238 e. The highest BCUT2D eigenvalue weighted by molar-refractivity contribution is 5.93. The molecule has 1 unspecified atom stereocenters. The minimum atomic E-state index is -0.0329. The van der Waals surface area contributed by atoms with Crippen LogP contribution < -0.4 is 5.32 Å². The Morgan fingerprint density at radius 2 is 1.84 bits per heavy atom. The Morgan fingerprint density at radius 3 is 2.52 bits per heavy atom. The minimum absolute atomic E-state index is 0.0329. The van der Waals surface area contributed by atoms with E-state index in [9.17, 15) is 9.90 Å². The van der Waals surface area contributed by atoms with Crippen molar-refractivity contribution in [2.75, 3.05) is 18.5 Å². The number of carbonyl (C=O) groups excluding carboxylic acids is 1. The largest absolute Gasteiger partial charge is 0.396 e. The molecule has 2 rings (SSSR count). The number of hydrogen-bond acceptors (Lipinski definition) is 3. The number of hydrogen-bond donors (Lipinski definition) is 2. The first kappa shape index (κ1) is 19.2. The lowest BCUT2D eigenvalue weighted by Crippen LogP contribution is -2.39. The van der Waals surface area contributed by atoms with Gasteiger partial charge in [0.2, 0.25) is 5.91 Å². The van der Waals surface area contributed by atoms with Gasteiger partial charge >= 0.3 is 0 Å². The van der Waals surface area contributed by atoms with Crippen molar-refractivity contribution in [3.63, 3.8) is 0 Å². The van der Waals surface area contributed by atoms with Crippen molar-refractivity contribution in [1.82, 2.24) is 4.90 Å². The molecule has 1 amide bonds. The van der Waals surface area contributed by atoms with E-state index in [1.807, 2.05) is 57.2 Å². The van der Waals surface area contributed by atoms with E-state index in [0.717, 1.165) is 22.4 Å². The van der Waals surface area contributed by atoms with Crippen LogP contribution in [0.25, 0.3) is 0 Å². The van der Waals surface area contributed by atoms with Crippen molar-refractivity contribution in [2.45, 2.75) is 39.8 Å². The molecule has 2 N–H and O–H groups in total. The lowest BCUT2D eigenvalue weighted by Gasteiger charge is -2.28. The molecule has 0 radical (unpaired) electrons. The van der Waals surface area contributed by atoms with Crippen LogP contribution in [-0.4, -0.2) is 35.1 Å². The predicted molar refractivity (Wildman–Crippen MR) is 103 cm³/mol. The van der Waals surface area contributed by atoms with Crippen LogP contribution in [0.15, 0.2) is 48.5 Å². The van der Waals surface area contributed by atoms with Gasteiger partial charge < -0.3 is 10.4 Å². The second-order valence-electron chi connectivity index (χ2n) is 6.55. The molecule has 0 heterocycles. The number of aryl methyl sites for hydroxylation is 1. The number of aliphatic hydroxyl groups excluding tert-OH is 1. The molecule has 0 saturated heterocycles. The van der Waals surface area contributed by atoms with E-state index in [0.29, 0.717) is 19.5 Å². The SMILES string of the molecule is Cc1cccc(NC(=O)CN(Cc2ccccc2)C(C)CCO)c1C. The summed E-state index contributed by atoms with van der Waals surface area (Å²) >= 11 is 0. The first-order valence-corrected chi connectivity index (χ1v) is 8.76. The fraction of sp³-hybridized carbons (Fsp3) is 0.381. The highest BCUT2D eigenvalue weighted by Gasteiger charge is 2.18. The van der Waals surface area contributed by atoms with Crippen molar-refractivity contribution in [2.24, 2.45) is 0 Å². The molecule has 2 aromatic rings. The Balaban J connectivity index is 2.07. The number of nitrogens with zero attached hydrogens (tertiary/aromatic N) is 1. The summed E-state index contributed by atoms with van der Waals surface area (Å²) in [5.74, 6) is -0.0329. The molecule has 0 aliphatic carbocycles. The molecule has 4 heteroatoms. The van der Waals surface area contributed by atoms with Gasteiger partial charge in [0.25, 0.3) is 0 Å². The third kappa shape index (κ3) is 5.69. The van der Waals surface area contributed by atoms with Crippen LogP contribution in [0.3, 0.4) is 0 Å². The fourth-order valence-corrected chi connectivity index (χ4v) is 2.82. The van der Waals surface area contributed by atoms with Gasteiger partial charge in [0, 0.05) is 24.9 Å². The second kappa shape index (κ2) is 9.35. The van der Waals surface area contributed by atoms with Gasteiger partial charge in [-0.05, 0) is 49.9 Å². The maximum absolute atomic E-state index is 12.6. The average molecular weight is 340 g/mol. The Morgan fingerprint density at radius 1 is 1.12 bits per heavy atom. The molecule has 0 bridgehead atoms. The molecular formula is C21H28N2O2. The van der Waals surface area contributed by atoms with Crippen LogP contribution >= 0.6 is 0 Å². The molecule has 0 spiro atoms. The van der Waals surface area contributed by atoms with Crippen molar-refractivity contribution in [1.29, 1.82) is 0 Å². The van der Waals surface area contributed by atoms with Gasteiger partial charge in [-0.25, -0.2) is 0 Å². The lowest BCUT2D eigenvalue weighted by atomic mass is 10.1. The van der Waals surface area contributed by atoms with Gasteiger partial charge in [-0.3, -0.25) is 9.69 Å². The number of nitrogens with one attached hydrogen (secondary N) is 1. The van der Waals surface area contributed by atoms with Crippen LogP contribution in [0.1, 0.15) is 30.0 Å². The first-order chi connectivity index (χ1) is 12.0. The van der Waals surface area contributed by atoms with Gasteiger partial charge in [-0.1, -0.05) is 42.5 Å². The van der Waals surface area contributed by atoms with Gasteiger partial charge in [0.05, 0.1) is 6.54 Å². The Kier molecular flexibility index (Phi) is 7.16. The lowest BCUT2D eigenvalue weighted by molar-refractivity contribution is -0.118. The fourth-order valence-electron chi connectivity index (χ4n) is 2.82. The summed E-state index contributed by atoms with van der Waals surface area (Å²) in [6.45, 7) is 7.19. The standard InChI is InChI=1S/C21H28N2O2/c1-16-8-7-11-20(18(16)3)22-21(25)15-23(17(2)12-13-24)14-19-9-5-4-6-10-19/h4-11,17,24H,12-15H2,1-3H3,(H,22,25). The van der Waals surface area contributed by atoms with E-state index in [-0.39, 0.29) is 18.6 Å². The van der Waals surface area contributed by atoms with Gasteiger partial charge in [0.1, 0.15) is 0 Å². The van der Waals surface area contributed by atoms with E-state index in [1.165, 1.54) is 0 Å². The highest BCUT2D eigenvalue weighted by atomic mass is 16.3. The third-order valence-electron chi connectivity index (χ3n) is 4.62. The van der Waals surface area contributed by atoms with Crippen molar-refractivity contribution < 1.29 is 9.90 Å². The molecule has 0 saturated carbocycles. The highest BCUT2D eigenvalue weighted by Crippen LogP contribution is 2.18. The normalized spacial score (nSPS) is 12.2. The van der Waals surface area contributed by atoms with Crippen LogP contribution in [0, 0.1) is 13.8 Å². The zero-order chi connectivity index (χ0) is 18.2. The van der Waals surface area contributed by atoms with Crippen molar-refractivity contribution in [3.8, 4) is 0 Å². The van der Waals surface area contributed by atoms with E-state index in [4.69, 9.17) is 0 Å². The van der Waals surface area contributed by atoms with Gasteiger partial charge in [0.15, 0.2) is 0 Å². The average Bonchev–Trinajstić information content (AvgIpc) is 2.59. The quantitative estimate of drug-likeness (QED) is 0.773. The molecule has 4 nitrogen and oxygen atoms in total. The predicted octanol–water partition coefficient (Wildman–Crippen LogP) is 3.52. The molecule has 0 aromatic heterocycles. The summed E-state index contributed by atoms with van der Waals surface area (Å²) in [6.07, 6.45) is 0.642. The summed E-state index contributed by atoms with van der Waals surface area (Å²) in [5, 5.41) is 12.3. The Bertz CT molecular complexity index is 686. The number of benzene rings is 2. The summed E-state index contributed by atoms with van der Waals surface area (Å²) in [6, 6.07) is 16.1. The monoisotopic (exact) mass is 340 g/mol. The summed E-state index contributed by atoms with van der Waals surface area (Å²) < 4.78 is 0. The molecule has 1 atom stereocenters. The van der Waals surface area contributed by atoms with Crippen LogP contribution in [0.5, 0.6) is 0 Å². The molecule has 0 fully saturated rings. The zero-order valence-electron chi connectivity index (χ0n) is 15.3. The topological polar surface area (TPSA) is 52.6 Å². The van der Waals surface area contributed by atoms with Crippen molar-refractivity contribution >= 4 is 11.6 Å². The molecular weight excluding hydrogens is 312 g/mol. The summed E-state index contributed by atoms with van der Waals surface area (Å²) in [7, 11) is 0. The first-order valence-electron chi connectivity index (χ1n) is 8.76.